The molecule has 0 saturated carbocycles. The van der Waals surface area contributed by atoms with E-state index in [1.165, 1.54) is 6.07 Å². The van der Waals surface area contributed by atoms with Gasteiger partial charge < -0.3 is 15.4 Å². The van der Waals surface area contributed by atoms with Gasteiger partial charge in [-0.1, -0.05) is 18.2 Å². The van der Waals surface area contributed by atoms with Crippen LogP contribution in [0.3, 0.4) is 0 Å². The lowest BCUT2D eigenvalue weighted by molar-refractivity contribution is 0.0943. The van der Waals surface area contributed by atoms with Gasteiger partial charge in [-0.15, -0.1) is 0 Å². The number of ether oxygens (including phenoxy) is 1. The number of benzene rings is 1. The van der Waals surface area contributed by atoms with Crippen LogP contribution in [0.4, 0.5) is 4.39 Å². The van der Waals surface area contributed by atoms with Gasteiger partial charge in [0.15, 0.2) is 5.69 Å². The maximum atomic E-state index is 13.7. The van der Waals surface area contributed by atoms with Crippen molar-refractivity contribution in [1.29, 1.82) is 0 Å². The predicted molar refractivity (Wildman–Crippen MR) is 96.5 cm³/mol. The third-order valence-corrected chi connectivity index (χ3v) is 4.81. The highest BCUT2D eigenvalue weighted by atomic mass is 19.1. The number of hydrogen-bond donors (Lipinski definition) is 2. The van der Waals surface area contributed by atoms with Gasteiger partial charge in [-0.3, -0.25) is 9.48 Å². The number of amides is 1. The molecule has 1 amide bonds. The highest BCUT2D eigenvalue weighted by Gasteiger charge is 2.28. The number of methoxy groups -OCH3 is 1. The molecule has 3 rings (SSSR count). The molecule has 0 fully saturated rings. The molecule has 2 N–H and O–H groups in total. The Balaban J connectivity index is 1.69. The average Bonchev–Trinajstić information content (AvgIpc) is 2.97. The zero-order valence-corrected chi connectivity index (χ0v) is 15.2. The van der Waals surface area contributed by atoms with E-state index in [1.807, 2.05) is 7.05 Å². The first-order chi connectivity index (χ1) is 12.6. The number of rotatable bonds is 7. The molecular formula is C19H25FN4O2. The van der Waals surface area contributed by atoms with Crippen molar-refractivity contribution < 1.29 is 13.9 Å². The van der Waals surface area contributed by atoms with Crippen LogP contribution in [0.2, 0.25) is 0 Å². The molecule has 7 heteroatoms. The number of carbonyl (C=O) groups excluding carboxylic acids is 1. The lowest BCUT2D eigenvalue weighted by Gasteiger charge is -2.24. The predicted octanol–water partition coefficient (Wildman–Crippen LogP) is 1.58. The van der Waals surface area contributed by atoms with Gasteiger partial charge in [-0.25, -0.2) is 4.39 Å². The number of nitrogens with one attached hydrogen (secondary N) is 2. The fourth-order valence-corrected chi connectivity index (χ4v) is 3.41. The second kappa shape index (κ2) is 8.42. The van der Waals surface area contributed by atoms with E-state index in [9.17, 15) is 9.18 Å². The first-order valence-corrected chi connectivity index (χ1v) is 8.88. The van der Waals surface area contributed by atoms with Crippen LogP contribution >= 0.6 is 0 Å². The number of aromatic nitrogens is 2. The van der Waals surface area contributed by atoms with Crippen molar-refractivity contribution in [3.8, 4) is 0 Å². The van der Waals surface area contributed by atoms with Gasteiger partial charge in [0.05, 0.1) is 6.61 Å². The monoisotopic (exact) mass is 360 g/mol. The standard InChI is InChI=1S/C19H25FN4O2/c1-24-17-8-7-14(21-9-10-26-2)11-15(17)18(23-24)19(25)22-12-13-5-3-4-6-16(13)20/h3-6,14,21H,7-12H2,1-2H3,(H,22,25). The maximum absolute atomic E-state index is 13.7. The molecule has 0 saturated heterocycles. The molecule has 0 spiro atoms. The van der Waals surface area contributed by atoms with Crippen LogP contribution in [-0.2, 0) is 31.2 Å². The lowest BCUT2D eigenvalue weighted by atomic mass is 9.91. The Morgan fingerprint density at radius 1 is 1.42 bits per heavy atom. The number of aryl methyl sites for hydroxylation is 1. The van der Waals surface area contributed by atoms with Crippen molar-refractivity contribution >= 4 is 5.91 Å². The van der Waals surface area contributed by atoms with Gasteiger partial charge in [0.2, 0.25) is 0 Å². The lowest BCUT2D eigenvalue weighted by Crippen LogP contribution is -2.37. The van der Waals surface area contributed by atoms with Crippen LogP contribution in [0.5, 0.6) is 0 Å². The van der Waals surface area contributed by atoms with E-state index in [-0.39, 0.29) is 18.3 Å². The minimum atomic E-state index is -0.321. The van der Waals surface area contributed by atoms with E-state index in [1.54, 1.807) is 30.0 Å². The largest absolute Gasteiger partial charge is 0.383 e. The van der Waals surface area contributed by atoms with Crippen molar-refractivity contribution in [3.63, 3.8) is 0 Å². The Kier molecular flexibility index (Phi) is 6.00. The van der Waals surface area contributed by atoms with Gasteiger partial charge in [0, 0.05) is 50.1 Å². The second-order valence-corrected chi connectivity index (χ2v) is 6.56. The van der Waals surface area contributed by atoms with E-state index < -0.39 is 0 Å². The van der Waals surface area contributed by atoms with Crippen molar-refractivity contribution in [3.05, 3.63) is 52.6 Å². The number of carbonyl (C=O) groups is 1. The summed E-state index contributed by atoms with van der Waals surface area (Å²) in [6, 6.07) is 6.75. The molecular weight excluding hydrogens is 335 g/mol. The summed E-state index contributed by atoms with van der Waals surface area (Å²) in [5, 5.41) is 10.7. The SMILES string of the molecule is COCCNC1CCc2c(c(C(=O)NCc3ccccc3F)nn2C)C1. The van der Waals surface area contributed by atoms with E-state index in [2.05, 4.69) is 15.7 Å². The first-order valence-electron chi connectivity index (χ1n) is 8.88. The summed E-state index contributed by atoms with van der Waals surface area (Å²) in [5.41, 5.74) is 2.99. The normalized spacial score (nSPS) is 16.3. The van der Waals surface area contributed by atoms with Gasteiger partial charge in [-0.2, -0.15) is 5.10 Å². The molecule has 1 aliphatic carbocycles. The van der Waals surface area contributed by atoms with Crippen LogP contribution in [0.1, 0.15) is 33.7 Å². The summed E-state index contributed by atoms with van der Waals surface area (Å²) in [5.74, 6) is -0.582. The van der Waals surface area contributed by atoms with Crippen LogP contribution in [-0.4, -0.2) is 42.0 Å². The van der Waals surface area contributed by atoms with Crippen molar-refractivity contribution in [2.24, 2.45) is 7.05 Å². The number of nitrogens with zero attached hydrogens (tertiary/aromatic N) is 2. The van der Waals surface area contributed by atoms with E-state index >= 15 is 0 Å². The molecule has 0 bridgehead atoms. The Hall–Kier alpha value is -2.25. The summed E-state index contributed by atoms with van der Waals surface area (Å²) >= 11 is 0. The molecule has 1 heterocycles. The van der Waals surface area contributed by atoms with Crippen LogP contribution in [0, 0.1) is 5.82 Å². The fourth-order valence-electron chi connectivity index (χ4n) is 3.41. The van der Waals surface area contributed by atoms with Crippen LogP contribution in [0.25, 0.3) is 0 Å². The third kappa shape index (κ3) is 4.11. The Morgan fingerprint density at radius 3 is 3.00 bits per heavy atom. The molecule has 2 aromatic rings. The molecule has 26 heavy (non-hydrogen) atoms. The summed E-state index contributed by atoms with van der Waals surface area (Å²) in [6.45, 7) is 1.59. The Morgan fingerprint density at radius 2 is 2.23 bits per heavy atom. The molecule has 0 aliphatic heterocycles. The van der Waals surface area contributed by atoms with Gasteiger partial charge in [-0.05, 0) is 25.3 Å². The fraction of sp³-hybridized carbons (Fsp3) is 0.474. The molecule has 140 valence electrons. The van der Waals surface area contributed by atoms with E-state index in [4.69, 9.17) is 4.74 Å². The number of hydrogen-bond acceptors (Lipinski definition) is 4. The van der Waals surface area contributed by atoms with Crippen molar-refractivity contribution in [1.82, 2.24) is 20.4 Å². The first kappa shape index (κ1) is 18.5. The zero-order chi connectivity index (χ0) is 18.5. The molecule has 0 radical (unpaired) electrons. The van der Waals surface area contributed by atoms with Gasteiger partial charge >= 0.3 is 0 Å². The van der Waals surface area contributed by atoms with Crippen molar-refractivity contribution in [2.75, 3.05) is 20.3 Å². The van der Waals surface area contributed by atoms with Crippen LogP contribution < -0.4 is 10.6 Å². The summed E-state index contributed by atoms with van der Waals surface area (Å²) in [6.07, 6.45) is 2.64. The minimum Gasteiger partial charge on any atom is -0.383 e. The number of fused-ring (bicyclic) bond motifs is 1. The minimum absolute atomic E-state index is 0.145. The van der Waals surface area contributed by atoms with Crippen LogP contribution in [0.15, 0.2) is 24.3 Å². The summed E-state index contributed by atoms with van der Waals surface area (Å²) < 4.78 is 20.6. The molecule has 1 aromatic heterocycles. The molecule has 1 unspecified atom stereocenters. The Bertz CT molecular complexity index is 775. The highest BCUT2D eigenvalue weighted by Crippen LogP contribution is 2.24. The third-order valence-electron chi connectivity index (χ3n) is 4.81. The highest BCUT2D eigenvalue weighted by molar-refractivity contribution is 5.94. The van der Waals surface area contributed by atoms with E-state index in [0.717, 1.165) is 37.1 Å². The Labute approximate surface area is 152 Å². The average molecular weight is 360 g/mol. The molecule has 1 aliphatic rings. The maximum Gasteiger partial charge on any atom is 0.272 e. The second-order valence-electron chi connectivity index (χ2n) is 6.56. The molecule has 1 aromatic carbocycles. The molecule has 1 atom stereocenters. The van der Waals surface area contributed by atoms with Gasteiger partial charge in [0.1, 0.15) is 5.82 Å². The summed E-state index contributed by atoms with van der Waals surface area (Å²) in [7, 11) is 3.55. The number of halogens is 1. The summed E-state index contributed by atoms with van der Waals surface area (Å²) in [4.78, 5) is 12.6. The topological polar surface area (TPSA) is 68.2 Å². The smallest absolute Gasteiger partial charge is 0.272 e. The van der Waals surface area contributed by atoms with Crippen molar-refractivity contribution in [2.45, 2.75) is 31.8 Å². The zero-order valence-electron chi connectivity index (χ0n) is 15.2. The molecule has 6 nitrogen and oxygen atoms in total. The van der Waals surface area contributed by atoms with Gasteiger partial charge in [0.25, 0.3) is 5.91 Å². The quantitative estimate of drug-likeness (QED) is 0.736. The van der Waals surface area contributed by atoms with E-state index in [0.29, 0.717) is 23.9 Å².